The summed E-state index contributed by atoms with van der Waals surface area (Å²) in [6, 6.07) is 23.9. The van der Waals surface area contributed by atoms with E-state index >= 15 is 0 Å². The Bertz CT molecular complexity index is 1090. The van der Waals surface area contributed by atoms with Gasteiger partial charge in [-0.15, -0.1) is 0 Å². The molecule has 0 unspecified atom stereocenters. The van der Waals surface area contributed by atoms with Crippen LogP contribution in [0.4, 0.5) is 5.69 Å². The summed E-state index contributed by atoms with van der Waals surface area (Å²) < 4.78 is 16.0. The first kappa shape index (κ1) is 18.6. The lowest BCUT2D eigenvalue weighted by atomic mass is 10.0. The maximum Gasteiger partial charge on any atom is 0.246 e. The molecule has 1 aromatic heterocycles. The van der Waals surface area contributed by atoms with E-state index in [0.29, 0.717) is 29.8 Å². The van der Waals surface area contributed by atoms with Crippen molar-refractivity contribution in [2.24, 2.45) is 0 Å². The van der Waals surface area contributed by atoms with Gasteiger partial charge in [-0.3, -0.25) is 0 Å². The van der Waals surface area contributed by atoms with Crippen LogP contribution in [0.15, 0.2) is 77.3 Å². The first-order valence-electron chi connectivity index (χ1n) is 9.22. The van der Waals surface area contributed by atoms with Crippen LogP contribution in [0.2, 0.25) is 0 Å². The Balaban J connectivity index is 1.51. The number of nitrogens with zero attached hydrogens (tertiary/aromatic N) is 2. The lowest BCUT2D eigenvalue weighted by Gasteiger charge is -2.10. The number of hydrogen-bond acceptors (Lipinski definition) is 6. The normalized spacial score (nSPS) is 10.6. The number of nitrogens with one attached hydrogen (secondary N) is 1. The molecule has 0 saturated heterocycles. The molecule has 0 fully saturated rings. The molecule has 1 heterocycles. The maximum absolute atomic E-state index is 5.42. The third-order valence-corrected chi connectivity index (χ3v) is 4.55. The molecule has 6 nitrogen and oxygen atoms in total. The van der Waals surface area contributed by atoms with Crippen LogP contribution in [0.5, 0.6) is 11.5 Å². The van der Waals surface area contributed by atoms with Crippen molar-refractivity contribution < 1.29 is 14.0 Å². The maximum atomic E-state index is 5.42. The molecular formula is C23H21N3O3. The minimum absolute atomic E-state index is 0.421. The Morgan fingerprint density at radius 3 is 2.38 bits per heavy atom. The zero-order valence-corrected chi connectivity index (χ0v) is 16.3. The summed E-state index contributed by atoms with van der Waals surface area (Å²) in [7, 11) is 3.19. The molecule has 3 aromatic carbocycles. The number of rotatable bonds is 7. The number of ether oxygens (including phenoxy) is 2. The van der Waals surface area contributed by atoms with Crippen LogP contribution in [0.3, 0.4) is 0 Å². The van der Waals surface area contributed by atoms with E-state index in [4.69, 9.17) is 14.0 Å². The van der Waals surface area contributed by atoms with E-state index in [1.165, 1.54) is 0 Å². The standard InChI is InChI=1S/C23H21N3O3/c1-27-20-13-12-17(14-21(20)28-2)23-25-22(29-26-23)15-24-19-11-7-6-10-18(19)16-8-4-3-5-9-16/h3-14,24H,15H2,1-2H3. The van der Waals surface area contributed by atoms with Crippen molar-refractivity contribution in [2.45, 2.75) is 6.54 Å². The van der Waals surface area contributed by atoms with E-state index in [1.54, 1.807) is 14.2 Å². The van der Waals surface area contributed by atoms with Crippen molar-refractivity contribution in [1.82, 2.24) is 10.1 Å². The summed E-state index contributed by atoms with van der Waals surface area (Å²) in [6.45, 7) is 0.421. The van der Waals surface area contributed by atoms with Gasteiger partial charge in [0.15, 0.2) is 11.5 Å². The second-order valence-electron chi connectivity index (χ2n) is 6.35. The molecule has 146 valence electrons. The first-order valence-corrected chi connectivity index (χ1v) is 9.22. The second-order valence-corrected chi connectivity index (χ2v) is 6.35. The van der Waals surface area contributed by atoms with Crippen LogP contribution in [-0.2, 0) is 6.54 Å². The van der Waals surface area contributed by atoms with Crippen LogP contribution >= 0.6 is 0 Å². The van der Waals surface area contributed by atoms with E-state index < -0.39 is 0 Å². The van der Waals surface area contributed by atoms with Gasteiger partial charge in [0.1, 0.15) is 0 Å². The van der Waals surface area contributed by atoms with Crippen molar-refractivity contribution in [1.29, 1.82) is 0 Å². The van der Waals surface area contributed by atoms with Gasteiger partial charge in [-0.25, -0.2) is 0 Å². The van der Waals surface area contributed by atoms with Crippen LogP contribution in [0.25, 0.3) is 22.5 Å². The molecule has 4 rings (SSSR count). The number of aromatic nitrogens is 2. The smallest absolute Gasteiger partial charge is 0.246 e. The van der Waals surface area contributed by atoms with E-state index in [1.807, 2.05) is 54.6 Å². The highest BCUT2D eigenvalue weighted by atomic mass is 16.5. The van der Waals surface area contributed by atoms with Crippen LogP contribution < -0.4 is 14.8 Å². The van der Waals surface area contributed by atoms with Gasteiger partial charge in [-0.05, 0) is 29.8 Å². The first-order chi connectivity index (χ1) is 14.3. The number of benzene rings is 3. The summed E-state index contributed by atoms with van der Waals surface area (Å²) in [5.74, 6) is 2.27. The molecule has 0 atom stereocenters. The monoisotopic (exact) mass is 387 g/mol. The molecule has 1 N–H and O–H groups in total. The molecule has 4 aromatic rings. The quantitative estimate of drug-likeness (QED) is 0.479. The molecule has 0 aliphatic carbocycles. The Morgan fingerprint density at radius 1 is 0.828 bits per heavy atom. The van der Waals surface area contributed by atoms with Gasteiger partial charge in [0, 0.05) is 16.8 Å². The fourth-order valence-corrected chi connectivity index (χ4v) is 3.10. The number of para-hydroxylation sites is 1. The minimum Gasteiger partial charge on any atom is -0.493 e. The van der Waals surface area contributed by atoms with Gasteiger partial charge < -0.3 is 19.3 Å². The Morgan fingerprint density at radius 2 is 1.59 bits per heavy atom. The lowest BCUT2D eigenvalue weighted by Crippen LogP contribution is -2.01. The minimum atomic E-state index is 0.421. The van der Waals surface area contributed by atoms with Gasteiger partial charge >= 0.3 is 0 Å². The van der Waals surface area contributed by atoms with Crippen molar-refractivity contribution in [3.05, 3.63) is 78.7 Å². The molecule has 29 heavy (non-hydrogen) atoms. The van der Waals surface area contributed by atoms with Gasteiger partial charge in [0.2, 0.25) is 11.7 Å². The highest BCUT2D eigenvalue weighted by Crippen LogP contribution is 2.31. The highest BCUT2D eigenvalue weighted by molar-refractivity contribution is 5.77. The molecule has 0 aliphatic rings. The van der Waals surface area contributed by atoms with E-state index in [-0.39, 0.29) is 0 Å². The van der Waals surface area contributed by atoms with Gasteiger partial charge in [-0.2, -0.15) is 4.98 Å². The summed E-state index contributed by atoms with van der Waals surface area (Å²) in [6.07, 6.45) is 0. The number of anilines is 1. The molecule has 0 spiro atoms. The van der Waals surface area contributed by atoms with Crippen molar-refractivity contribution in [3.63, 3.8) is 0 Å². The second kappa shape index (κ2) is 8.48. The summed E-state index contributed by atoms with van der Waals surface area (Å²) in [4.78, 5) is 4.49. The predicted molar refractivity (Wildman–Crippen MR) is 112 cm³/mol. The van der Waals surface area contributed by atoms with Crippen LogP contribution in [0, 0.1) is 0 Å². The number of hydrogen-bond donors (Lipinski definition) is 1. The van der Waals surface area contributed by atoms with Crippen molar-refractivity contribution in [3.8, 4) is 34.0 Å². The fourth-order valence-electron chi connectivity index (χ4n) is 3.10. The van der Waals surface area contributed by atoms with Crippen molar-refractivity contribution in [2.75, 3.05) is 19.5 Å². The average molecular weight is 387 g/mol. The topological polar surface area (TPSA) is 69.4 Å². The largest absolute Gasteiger partial charge is 0.493 e. The van der Waals surface area contributed by atoms with Gasteiger partial charge in [0.25, 0.3) is 0 Å². The van der Waals surface area contributed by atoms with E-state index in [9.17, 15) is 0 Å². The van der Waals surface area contributed by atoms with Gasteiger partial charge in [-0.1, -0.05) is 53.7 Å². The third-order valence-electron chi connectivity index (χ3n) is 4.55. The Kier molecular flexibility index (Phi) is 5.42. The third kappa shape index (κ3) is 4.06. The summed E-state index contributed by atoms with van der Waals surface area (Å²) in [5, 5.41) is 7.48. The molecule has 6 heteroatoms. The number of methoxy groups -OCH3 is 2. The molecule has 0 saturated carbocycles. The van der Waals surface area contributed by atoms with Gasteiger partial charge in [0.05, 0.1) is 20.8 Å². The van der Waals surface area contributed by atoms with Crippen LogP contribution in [0.1, 0.15) is 5.89 Å². The average Bonchev–Trinajstić information content (AvgIpc) is 3.27. The zero-order valence-electron chi connectivity index (χ0n) is 16.3. The Hall–Kier alpha value is -3.80. The van der Waals surface area contributed by atoms with E-state index in [2.05, 4.69) is 33.7 Å². The molecular weight excluding hydrogens is 366 g/mol. The summed E-state index contributed by atoms with van der Waals surface area (Å²) in [5.41, 5.74) is 4.06. The van der Waals surface area contributed by atoms with Crippen LogP contribution in [-0.4, -0.2) is 24.4 Å². The summed E-state index contributed by atoms with van der Waals surface area (Å²) >= 11 is 0. The lowest BCUT2D eigenvalue weighted by molar-refractivity contribution is 0.355. The zero-order chi connectivity index (χ0) is 20.1. The highest BCUT2D eigenvalue weighted by Gasteiger charge is 2.13. The Labute approximate surface area is 169 Å². The van der Waals surface area contributed by atoms with Crippen molar-refractivity contribution >= 4 is 5.69 Å². The molecule has 0 aliphatic heterocycles. The molecule has 0 bridgehead atoms. The SMILES string of the molecule is COc1ccc(-c2noc(CNc3ccccc3-c3ccccc3)n2)cc1OC. The molecule has 0 amide bonds. The molecule has 0 radical (unpaired) electrons. The fraction of sp³-hybridized carbons (Fsp3) is 0.130. The predicted octanol–water partition coefficient (Wildman–Crippen LogP) is 5.03. The van der Waals surface area contributed by atoms with E-state index in [0.717, 1.165) is 22.4 Å².